The molecule has 0 unspecified atom stereocenters. The Bertz CT molecular complexity index is 1160. The maximum absolute atomic E-state index is 12.5. The summed E-state index contributed by atoms with van der Waals surface area (Å²) < 4.78 is 32.8. The van der Waals surface area contributed by atoms with Gasteiger partial charge < -0.3 is 15.4 Å². The molecule has 10 heteroatoms. The highest BCUT2D eigenvalue weighted by Gasteiger charge is 2.15. The van der Waals surface area contributed by atoms with Crippen LogP contribution in [0.5, 0.6) is 5.75 Å². The maximum Gasteiger partial charge on any atom is 0.257 e. The molecule has 174 valence electrons. The monoisotopic (exact) mass is 487 g/mol. The maximum atomic E-state index is 12.5. The van der Waals surface area contributed by atoms with E-state index < -0.39 is 10.0 Å². The molecule has 0 aliphatic heterocycles. The molecular weight excluding hydrogens is 462 g/mol. The Morgan fingerprint density at radius 1 is 1.00 bits per heavy atom. The third-order valence-corrected chi connectivity index (χ3v) is 6.94. The van der Waals surface area contributed by atoms with Gasteiger partial charge in [-0.25, -0.2) is 13.1 Å². The minimum absolute atomic E-state index is 0.0856. The molecule has 2 amide bonds. The van der Waals surface area contributed by atoms with Crippen LogP contribution in [0.2, 0.25) is 0 Å². The molecule has 0 atom stereocenters. The van der Waals surface area contributed by atoms with Gasteiger partial charge in [-0.1, -0.05) is 6.07 Å². The molecule has 0 aliphatic carbocycles. The molecule has 3 N–H and O–H groups in total. The number of likely N-dealkylation sites (N-methyl/N-ethyl adjacent to an activating group) is 1. The highest BCUT2D eigenvalue weighted by Crippen LogP contribution is 2.17. The van der Waals surface area contributed by atoms with Crippen LogP contribution in [0.3, 0.4) is 0 Å². The Morgan fingerprint density at radius 3 is 2.36 bits per heavy atom. The van der Waals surface area contributed by atoms with Gasteiger partial charge in [0.2, 0.25) is 10.0 Å². The molecule has 8 nitrogen and oxygen atoms in total. The van der Waals surface area contributed by atoms with Crippen LogP contribution in [0.15, 0.2) is 70.9 Å². The van der Waals surface area contributed by atoms with Crippen molar-refractivity contribution in [3.63, 3.8) is 0 Å². The summed E-state index contributed by atoms with van der Waals surface area (Å²) in [5, 5.41) is 7.33. The average Bonchev–Trinajstić information content (AvgIpc) is 3.32. The highest BCUT2D eigenvalue weighted by atomic mass is 32.2. The van der Waals surface area contributed by atoms with Gasteiger partial charge in [0.1, 0.15) is 5.75 Å². The number of benzene rings is 2. The highest BCUT2D eigenvalue weighted by molar-refractivity contribution is 7.89. The van der Waals surface area contributed by atoms with Crippen LogP contribution in [0, 0.1) is 0 Å². The predicted molar refractivity (Wildman–Crippen MR) is 128 cm³/mol. The number of carbonyl (C=O) groups is 2. The van der Waals surface area contributed by atoms with E-state index in [2.05, 4.69) is 15.4 Å². The molecule has 3 rings (SSSR count). The van der Waals surface area contributed by atoms with Gasteiger partial charge in [-0.15, -0.1) is 11.3 Å². The summed E-state index contributed by atoms with van der Waals surface area (Å²) in [7, 11) is -3.65. The van der Waals surface area contributed by atoms with Crippen molar-refractivity contribution in [2.24, 2.45) is 0 Å². The lowest BCUT2D eigenvalue weighted by molar-refractivity contribution is -0.122. The van der Waals surface area contributed by atoms with E-state index in [1.165, 1.54) is 24.3 Å². The normalized spacial score (nSPS) is 11.1. The van der Waals surface area contributed by atoms with Gasteiger partial charge in [-0.2, -0.15) is 0 Å². The first kappa shape index (κ1) is 24.4. The number of amides is 2. The van der Waals surface area contributed by atoms with E-state index in [0.717, 1.165) is 4.88 Å². The number of nitrogens with one attached hydrogen (secondary N) is 3. The fraction of sp³-hybridized carbons (Fsp3) is 0.217. The van der Waals surface area contributed by atoms with Crippen molar-refractivity contribution in [3.05, 3.63) is 76.5 Å². The van der Waals surface area contributed by atoms with Crippen LogP contribution in [0.4, 0.5) is 5.69 Å². The van der Waals surface area contributed by atoms with Gasteiger partial charge in [-0.3, -0.25) is 9.59 Å². The van der Waals surface area contributed by atoms with Crippen LogP contribution < -0.4 is 20.1 Å². The summed E-state index contributed by atoms with van der Waals surface area (Å²) in [6.45, 7) is 2.57. The van der Waals surface area contributed by atoms with Crippen molar-refractivity contribution in [2.75, 3.05) is 25.0 Å². The summed E-state index contributed by atoms with van der Waals surface area (Å²) in [5.41, 5.74) is 0.862. The average molecular weight is 488 g/mol. The van der Waals surface area contributed by atoms with E-state index in [4.69, 9.17) is 4.74 Å². The Hall–Kier alpha value is -3.21. The molecule has 0 radical (unpaired) electrons. The fourth-order valence-electron chi connectivity index (χ4n) is 2.87. The molecule has 1 aromatic heterocycles. The van der Waals surface area contributed by atoms with Gasteiger partial charge >= 0.3 is 0 Å². The molecule has 0 saturated carbocycles. The van der Waals surface area contributed by atoms with Crippen molar-refractivity contribution in [1.29, 1.82) is 0 Å². The number of ether oxygens (including phenoxy) is 1. The predicted octanol–water partition coefficient (Wildman–Crippen LogP) is 3.04. The quantitative estimate of drug-likeness (QED) is 0.385. The van der Waals surface area contributed by atoms with Crippen LogP contribution in [0.1, 0.15) is 22.2 Å². The zero-order chi connectivity index (χ0) is 23.7. The number of thiophene rings is 1. The lowest BCUT2D eigenvalue weighted by Crippen LogP contribution is -2.28. The smallest absolute Gasteiger partial charge is 0.257 e. The Morgan fingerprint density at radius 2 is 1.73 bits per heavy atom. The third kappa shape index (κ3) is 7.41. The Balaban J connectivity index is 1.52. The first-order chi connectivity index (χ1) is 15.9. The van der Waals surface area contributed by atoms with Gasteiger partial charge in [0.25, 0.3) is 11.8 Å². The molecule has 0 bridgehead atoms. The summed E-state index contributed by atoms with van der Waals surface area (Å²) >= 11 is 1.58. The molecule has 2 aromatic carbocycles. The van der Waals surface area contributed by atoms with Crippen LogP contribution in [0.25, 0.3) is 0 Å². The van der Waals surface area contributed by atoms with E-state index in [0.29, 0.717) is 36.5 Å². The van der Waals surface area contributed by atoms with Gasteiger partial charge in [0, 0.05) is 29.2 Å². The van der Waals surface area contributed by atoms with Crippen molar-refractivity contribution >= 4 is 38.9 Å². The lowest BCUT2D eigenvalue weighted by Gasteiger charge is -2.09. The van der Waals surface area contributed by atoms with Crippen molar-refractivity contribution in [1.82, 2.24) is 10.0 Å². The summed E-state index contributed by atoms with van der Waals surface area (Å²) in [6, 6.07) is 16.2. The lowest BCUT2D eigenvalue weighted by atomic mass is 10.2. The van der Waals surface area contributed by atoms with Gasteiger partial charge in [0.05, 0.1) is 4.90 Å². The summed E-state index contributed by atoms with van der Waals surface area (Å²) in [5.74, 6) is -0.0842. The molecule has 0 spiro atoms. The van der Waals surface area contributed by atoms with E-state index in [1.807, 2.05) is 24.4 Å². The van der Waals surface area contributed by atoms with Gasteiger partial charge in [-0.05, 0) is 73.3 Å². The van der Waals surface area contributed by atoms with E-state index in [1.54, 1.807) is 35.6 Å². The molecular formula is C23H25N3O5S2. The number of carbonyl (C=O) groups excluding carboxylic acids is 2. The van der Waals surface area contributed by atoms with Crippen LogP contribution in [-0.2, 0) is 21.2 Å². The topological polar surface area (TPSA) is 114 Å². The van der Waals surface area contributed by atoms with Crippen molar-refractivity contribution < 1.29 is 22.7 Å². The minimum Gasteiger partial charge on any atom is -0.484 e. The second kappa shape index (κ2) is 11.6. The van der Waals surface area contributed by atoms with Gasteiger partial charge in [0.15, 0.2) is 6.61 Å². The number of hydrogen-bond acceptors (Lipinski definition) is 6. The number of anilines is 1. The fourth-order valence-corrected chi connectivity index (χ4v) is 4.61. The second-order valence-corrected chi connectivity index (χ2v) is 9.77. The van der Waals surface area contributed by atoms with Crippen LogP contribution >= 0.6 is 11.3 Å². The first-order valence-electron chi connectivity index (χ1n) is 10.3. The molecule has 3 aromatic rings. The SMILES string of the molecule is CCNC(=O)COc1ccc(NC(=O)c2ccc(S(=O)(=O)NCCc3cccs3)cc2)cc1. The minimum atomic E-state index is -3.65. The molecule has 0 saturated heterocycles. The van der Waals surface area contributed by atoms with E-state index in [9.17, 15) is 18.0 Å². The molecule has 1 heterocycles. The van der Waals surface area contributed by atoms with Crippen LogP contribution in [-0.4, -0.2) is 39.9 Å². The summed E-state index contributed by atoms with van der Waals surface area (Å²) in [6.07, 6.45) is 0.618. The van der Waals surface area contributed by atoms with Crippen molar-refractivity contribution in [2.45, 2.75) is 18.2 Å². The summed E-state index contributed by atoms with van der Waals surface area (Å²) in [4.78, 5) is 25.1. The Labute approximate surface area is 197 Å². The molecule has 0 aliphatic rings. The third-order valence-electron chi connectivity index (χ3n) is 4.53. The van der Waals surface area contributed by atoms with Crippen molar-refractivity contribution in [3.8, 4) is 5.75 Å². The second-order valence-electron chi connectivity index (χ2n) is 6.97. The first-order valence-corrected chi connectivity index (χ1v) is 12.7. The molecule has 0 fully saturated rings. The number of sulfonamides is 1. The van der Waals surface area contributed by atoms with E-state index in [-0.39, 0.29) is 23.3 Å². The largest absolute Gasteiger partial charge is 0.484 e. The number of rotatable bonds is 11. The zero-order valence-corrected chi connectivity index (χ0v) is 19.7. The standard InChI is InChI=1S/C23H25N3O5S2/c1-2-24-22(27)16-31-19-9-7-18(8-10-19)26-23(28)17-5-11-21(12-6-17)33(29,30)25-14-13-20-4-3-15-32-20/h3-12,15,25H,2,13-14,16H2,1H3,(H,24,27)(H,26,28). The zero-order valence-electron chi connectivity index (χ0n) is 18.0. The Kier molecular flexibility index (Phi) is 8.58. The number of hydrogen-bond donors (Lipinski definition) is 3. The van der Waals surface area contributed by atoms with E-state index >= 15 is 0 Å². The molecule has 33 heavy (non-hydrogen) atoms.